The lowest BCUT2D eigenvalue weighted by molar-refractivity contribution is 0.112. The average Bonchev–Trinajstić information content (AvgIpc) is 2.30. The predicted octanol–water partition coefficient (Wildman–Crippen LogP) is 2.43. The van der Waals surface area contributed by atoms with Gasteiger partial charge in [0.25, 0.3) is 0 Å². The molecule has 0 fully saturated rings. The normalized spacial score (nSPS) is 9.80. The van der Waals surface area contributed by atoms with E-state index < -0.39 is 0 Å². The van der Waals surface area contributed by atoms with E-state index in [2.05, 4.69) is 6.92 Å². The molecule has 1 rings (SSSR count). The van der Waals surface area contributed by atoms with Gasteiger partial charge in [0, 0.05) is 15.3 Å². The number of carbonyl (C=O) groups is 1. The van der Waals surface area contributed by atoms with E-state index >= 15 is 0 Å². The van der Waals surface area contributed by atoms with Crippen molar-refractivity contribution in [2.24, 2.45) is 0 Å². The molecule has 0 aliphatic rings. The van der Waals surface area contributed by atoms with E-state index in [-0.39, 0.29) is 0 Å². The predicted molar refractivity (Wildman–Crippen MR) is 43.8 cm³/mol. The highest BCUT2D eigenvalue weighted by Gasteiger charge is 2.01. The van der Waals surface area contributed by atoms with Gasteiger partial charge in [0.2, 0.25) is 0 Å². The molecule has 0 aromatic carbocycles. The smallest absolute Gasteiger partial charge is 0.151 e. The second-order valence-corrected chi connectivity index (χ2v) is 3.54. The molecule has 0 atom stereocenters. The summed E-state index contributed by atoms with van der Waals surface area (Å²) in [5, 5.41) is 0. The molecule has 0 bridgehead atoms. The molecule has 54 valence electrons. The zero-order chi connectivity index (χ0) is 7.56. The van der Waals surface area contributed by atoms with Crippen LogP contribution >= 0.6 is 11.3 Å². The molecular formula is C8H10OS. The van der Waals surface area contributed by atoms with E-state index in [1.54, 1.807) is 11.3 Å². The van der Waals surface area contributed by atoms with Gasteiger partial charge < -0.3 is 0 Å². The number of aldehydes is 1. The summed E-state index contributed by atoms with van der Waals surface area (Å²) >= 11 is 1.71. The van der Waals surface area contributed by atoms with Gasteiger partial charge in [-0.2, -0.15) is 0 Å². The van der Waals surface area contributed by atoms with Crippen LogP contribution in [0.2, 0.25) is 0 Å². The van der Waals surface area contributed by atoms with Crippen molar-refractivity contribution in [3.63, 3.8) is 0 Å². The Hall–Kier alpha value is -0.630. The molecule has 0 amide bonds. The number of rotatable bonds is 2. The van der Waals surface area contributed by atoms with Crippen LogP contribution in [-0.2, 0) is 6.42 Å². The molecule has 0 spiro atoms. The third-order valence-electron chi connectivity index (χ3n) is 1.48. The van der Waals surface area contributed by atoms with Gasteiger partial charge in [-0.25, -0.2) is 0 Å². The maximum atomic E-state index is 10.4. The van der Waals surface area contributed by atoms with Crippen molar-refractivity contribution >= 4 is 17.6 Å². The van der Waals surface area contributed by atoms with Crippen LogP contribution in [0.4, 0.5) is 0 Å². The van der Waals surface area contributed by atoms with Gasteiger partial charge in [-0.1, -0.05) is 6.92 Å². The van der Waals surface area contributed by atoms with Crippen molar-refractivity contribution in [2.45, 2.75) is 20.3 Å². The highest BCUT2D eigenvalue weighted by Crippen LogP contribution is 2.19. The molecule has 10 heavy (non-hydrogen) atoms. The van der Waals surface area contributed by atoms with Crippen molar-refractivity contribution in [1.29, 1.82) is 0 Å². The van der Waals surface area contributed by atoms with Gasteiger partial charge in [-0.05, 0) is 19.4 Å². The van der Waals surface area contributed by atoms with Crippen LogP contribution < -0.4 is 0 Å². The zero-order valence-corrected chi connectivity index (χ0v) is 6.99. The summed E-state index contributed by atoms with van der Waals surface area (Å²) in [4.78, 5) is 12.8. The maximum absolute atomic E-state index is 10.4. The first kappa shape index (κ1) is 7.48. The second kappa shape index (κ2) is 2.97. The van der Waals surface area contributed by atoms with Crippen LogP contribution in [0.5, 0.6) is 0 Å². The number of hydrogen-bond acceptors (Lipinski definition) is 2. The molecule has 2 heteroatoms. The quantitative estimate of drug-likeness (QED) is 0.598. The van der Waals surface area contributed by atoms with Gasteiger partial charge in [0.1, 0.15) is 0 Å². The minimum Gasteiger partial charge on any atom is -0.298 e. The Morgan fingerprint density at radius 1 is 1.70 bits per heavy atom. The van der Waals surface area contributed by atoms with Crippen molar-refractivity contribution in [2.75, 3.05) is 0 Å². The monoisotopic (exact) mass is 154 g/mol. The lowest BCUT2D eigenvalue weighted by Gasteiger charge is -1.80. The first-order valence-corrected chi connectivity index (χ1v) is 4.14. The molecule has 1 aromatic rings. The van der Waals surface area contributed by atoms with E-state index in [1.165, 1.54) is 4.88 Å². The fraction of sp³-hybridized carbons (Fsp3) is 0.375. The fourth-order valence-electron chi connectivity index (χ4n) is 0.851. The summed E-state index contributed by atoms with van der Waals surface area (Å²) in [5.41, 5.74) is 0.849. The second-order valence-electron chi connectivity index (χ2n) is 2.20. The standard InChI is InChI=1S/C8H10OS/c1-3-8-4-7(5-9)6(2)10-8/h4-5H,3H2,1-2H3. The molecule has 0 unspecified atom stereocenters. The van der Waals surface area contributed by atoms with Crippen molar-refractivity contribution in [1.82, 2.24) is 0 Å². The molecule has 0 radical (unpaired) electrons. The number of carbonyl (C=O) groups excluding carboxylic acids is 1. The Labute approximate surface area is 64.7 Å². The first-order valence-electron chi connectivity index (χ1n) is 3.32. The average molecular weight is 154 g/mol. The lowest BCUT2D eigenvalue weighted by Crippen LogP contribution is -1.74. The Morgan fingerprint density at radius 2 is 2.40 bits per heavy atom. The van der Waals surface area contributed by atoms with Crippen LogP contribution in [0.15, 0.2) is 6.07 Å². The third-order valence-corrected chi connectivity index (χ3v) is 2.69. The highest BCUT2D eigenvalue weighted by molar-refractivity contribution is 7.12. The minimum absolute atomic E-state index is 0.849. The summed E-state index contributed by atoms with van der Waals surface area (Å²) in [5.74, 6) is 0. The molecule has 0 N–H and O–H groups in total. The van der Waals surface area contributed by atoms with Gasteiger partial charge in [-0.15, -0.1) is 11.3 Å². The summed E-state index contributed by atoms with van der Waals surface area (Å²) in [6.45, 7) is 4.08. The van der Waals surface area contributed by atoms with Gasteiger partial charge in [0.15, 0.2) is 6.29 Å². The number of thiophene rings is 1. The van der Waals surface area contributed by atoms with Gasteiger partial charge >= 0.3 is 0 Å². The highest BCUT2D eigenvalue weighted by atomic mass is 32.1. The van der Waals surface area contributed by atoms with Crippen LogP contribution in [0.1, 0.15) is 27.0 Å². The molecule has 0 saturated carbocycles. The molecular weight excluding hydrogens is 144 g/mol. The summed E-state index contributed by atoms with van der Waals surface area (Å²) in [7, 11) is 0. The number of aryl methyl sites for hydroxylation is 2. The molecule has 0 aliphatic carbocycles. The van der Waals surface area contributed by atoms with E-state index in [1.807, 2.05) is 13.0 Å². The lowest BCUT2D eigenvalue weighted by atomic mass is 10.2. The topological polar surface area (TPSA) is 17.1 Å². The Balaban J connectivity index is 3.03. The summed E-state index contributed by atoms with van der Waals surface area (Å²) in [6.07, 6.45) is 1.95. The third kappa shape index (κ3) is 1.27. The van der Waals surface area contributed by atoms with Crippen LogP contribution in [0.3, 0.4) is 0 Å². The molecule has 1 heterocycles. The van der Waals surface area contributed by atoms with E-state index in [0.29, 0.717) is 0 Å². The van der Waals surface area contributed by atoms with Crippen molar-refractivity contribution in [3.05, 3.63) is 21.4 Å². The summed E-state index contributed by atoms with van der Waals surface area (Å²) in [6, 6.07) is 1.97. The van der Waals surface area contributed by atoms with E-state index in [4.69, 9.17) is 0 Å². The van der Waals surface area contributed by atoms with Crippen LogP contribution in [0, 0.1) is 6.92 Å². The zero-order valence-electron chi connectivity index (χ0n) is 6.18. The Kier molecular flexibility index (Phi) is 2.22. The van der Waals surface area contributed by atoms with Crippen LogP contribution in [0.25, 0.3) is 0 Å². The molecule has 0 saturated heterocycles. The first-order chi connectivity index (χ1) is 4.77. The maximum Gasteiger partial charge on any atom is 0.151 e. The Morgan fingerprint density at radius 3 is 2.70 bits per heavy atom. The number of hydrogen-bond donors (Lipinski definition) is 0. The minimum atomic E-state index is 0.849. The molecule has 1 aromatic heterocycles. The van der Waals surface area contributed by atoms with E-state index in [0.717, 1.165) is 23.1 Å². The largest absolute Gasteiger partial charge is 0.298 e. The fourth-order valence-corrected chi connectivity index (χ4v) is 1.80. The molecule has 1 nitrogen and oxygen atoms in total. The SMILES string of the molecule is CCc1cc(C=O)c(C)s1. The van der Waals surface area contributed by atoms with Gasteiger partial charge in [-0.3, -0.25) is 4.79 Å². The van der Waals surface area contributed by atoms with Crippen molar-refractivity contribution in [3.8, 4) is 0 Å². The van der Waals surface area contributed by atoms with Crippen molar-refractivity contribution < 1.29 is 4.79 Å². The molecule has 0 aliphatic heterocycles. The van der Waals surface area contributed by atoms with E-state index in [9.17, 15) is 4.79 Å². The van der Waals surface area contributed by atoms with Gasteiger partial charge in [0.05, 0.1) is 0 Å². The Bertz CT molecular complexity index is 237. The van der Waals surface area contributed by atoms with Crippen LogP contribution in [-0.4, -0.2) is 6.29 Å². The summed E-state index contributed by atoms with van der Waals surface area (Å²) < 4.78 is 0.